The number of rotatable bonds is 2. The highest BCUT2D eigenvalue weighted by atomic mass is 16.5. The molecule has 9 heteroatoms. The SMILES string of the molecule is CCOC(=O)[C@H]1CC[C@@H]2C(=O)n3c(N)nnc3N=C2C1=O. The van der Waals surface area contributed by atoms with Crippen molar-refractivity contribution in [2.45, 2.75) is 19.8 Å². The molecule has 3 rings (SSSR count). The zero-order valence-electron chi connectivity index (χ0n) is 11.3. The molecule has 2 N–H and O–H groups in total. The molecule has 2 heterocycles. The number of hydrogen-bond donors (Lipinski definition) is 1. The lowest BCUT2D eigenvalue weighted by Gasteiger charge is -2.29. The third kappa shape index (κ3) is 1.92. The van der Waals surface area contributed by atoms with Crippen molar-refractivity contribution in [3.05, 3.63) is 0 Å². The number of aromatic nitrogens is 3. The van der Waals surface area contributed by atoms with Crippen LogP contribution < -0.4 is 5.73 Å². The summed E-state index contributed by atoms with van der Waals surface area (Å²) in [6, 6.07) is 0. The van der Waals surface area contributed by atoms with Gasteiger partial charge in [-0.3, -0.25) is 14.4 Å². The topological polar surface area (TPSA) is 130 Å². The number of nitrogens with zero attached hydrogens (tertiary/aromatic N) is 4. The molecule has 1 aromatic heterocycles. The number of hydrogen-bond acceptors (Lipinski definition) is 8. The summed E-state index contributed by atoms with van der Waals surface area (Å²) in [6.07, 6.45) is 0.592. The van der Waals surface area contributed by atoms with Crippen LogP contribution in [-0.4, -0.2) is 44.7 Å². The molecule has 0 bridgehead atoms. The Bertz CT molecular complexity index is 677. The minimum absolute atomic E-state index is 0.0263. The van der Waals surface area contributed by atoms with Crippen molar-refractivity contribution in [1.29, 1.82) is 0 Å². The van der Waals surface area contributed by atoms with E-state index in [1.165, 1.54) is 0 Å². The number of ketones is 1. The molecule has 0 amide bonds. The van der Waals surface area contributed by atoms with Crippen LogP contribution in [0.2, 0.25) is 0 Å². The minimum atomic E-state index is -0.903. The minimum Gasteiger partial charge on any atom is -0.465 e. The van der Waals surface area contributed by atoms with Crippen LogP contribution in [0.4, 0.5) is 11.9 Å². The number of esters is 1. The molecule has 1 aliphatic heterocycles. The van der Waals surface area contributed by atoms with Crippen molar-refractivity contribution in [2.24, 2.45) is 16.8 Å². The van der Waals surface area contributed by atoms with E-state index in [2.05, 4.69) is 15.2 Å². The second-order valence-electron chi connectivity index (χ2n) is 4.83. The molecule has 0 unspecified atom stereocenters. The molecule has 110 valence electrons. The summed E-state index contributed by atoms with van der Waals surface area (Å²) in [5.74, 6) is -3.13. The van der Waals surface area contributed by atoms with Crippen molar-refractivity contribution in [2.75, 3.05) is 12.3 Å². The Balaban J connectivity index is 1.98. The molecule has 0 radical (unpaired) electrons. The van der Waals surface area contributed by atoms with Gasteiger partial charge in [0, 0.05) is 0 Å². The van der Waals surface area contributed by atoms with E-state index in [4.69, 9.17) is 10.5 Å². The highest BCUT2D eigenvalue weighted by Gasteiger charge is 2.45. The zero-order valence-corrected chi connectivity index (χ0v) is 11.3. The Hall–Kier alpha value is -2.58. The quantitative estimate of drug-likeness (QED) is 0.587. The first-order valence-electron chi connectivity index (χ1n) is 6.59. The van der Waals surface area contributed by atoms with Crippen LogP contribution in [0.3, 0.4) is 0 Å². The summed E-state index contributed by atoms with van der Waals surface area (Å²) in [4.78, 5) is 40.5. The first-order valence-corrected chi connectivity index (χ1v) is 6.59. The van der Waals surface area contributed by atoms with Gasteiger partial charge in [0.15, 0.2) is 5.78 Å². The summed E-state index contributed by atoms with van der Waals surface area (Å²) in [5, 5.41) is 7.22. The molecule has 1 aliphatic carbocycles. The Morgan fingerprint density at radius 2 is 2.14 bits per heavy atom. The Morgan fingerprint density at radius 3 is 2.86 bits per heavy atom. The maximum Gasteiger partial charge on any atom is 0.316 e. The van der Waals surface area contributed by atoms with Gasteiger partial charge in [-0.2, -0.15) is 0 Å². The Morgan fingerprint density at radius 1 is 1.38 bits per heavy atom. The van der Waals surface area contributed by atoms with Crippen LogP contribution in [0.1, 0.15) is 24.6 Å². The Kier molecular flexibility index (Phi) is 3.04. The van der Waals surface area contributed by atoms with E-state index in [1.807, 2.05) is 0 Å². The first-order chi connectivity index (χ1) is 10.0. The van der Waals surface area contributed by atoms with Crippen molar-refractivity contribution in [3.63, 3.8) is 0 Å². The molecule has 1 fully saturated rings. The molecule has 0 spiro atoms. The van der Waals surface area contributed by atoms with Gasteiger partial charge in [-0.25, -0.2) is 9.56 Å². The Labute approximate surface area is 119 Å². The fourth-order valence-corrected chi connectivity index (χ4v) is 2.63. The highest BCUT2D eigenvalue weighted by Crippen LogP contribution is 2.32. The number of Topliss-reactive ketones (excluding diaryl/α,β-unsaturated/α-hetero) is 1. The number of ether oxygens (including phenoxy) is 1. The normalized spacial score (nSPS) is 24.1. The molecule has 21 heavy (non-hydrogen) atoms. The predicted octanol–water partition coefficient (Wildman–Crippen LogP) is -0.255. The van der Waals surface area contributed by atoms with Crippen LogP contribution in [0.15, 0.2) is 4.99 Å². The van der Waals surface area contributed by atoms with Gasteiger partial charge in [-0.1, -0.05) is 0 Å². The molecule has 1 saturated carbocycles. The standard InChI is InChI=1S/C12H13N5O4/c1-2-21-10(20)6-4-3-5-7(8(6)18)14-12-16-15-11(13)17(12)9(5)19/h5-6H,2-4H2,1H3,(H2,13,15)/t5-,6-/m0/s1. The molecule has 0 saturated heterocycles. The van der Waals surface area contributed by atoms with E-state index in [1.54, 1.807) is 6.92 Å². The zero-order chi connectivity index (χ0) is 15.1. The second-order valence-corrected chi connectivity index (χ2v) is 4.83. The number of nitrogen functional groups attached to an aromatic ring is 1. The molecular formula is C12H13N5O4. The van der Waals surface area contributed by atoms with Crippen LogP contribution in [0.5, 0.6) is 0 Å². The lowest BCUT2D eigenvalue weighted by Crippen LogP contribution is -2.46. The number of carbonyl (C=O) groups is 3. The largest absolute Gasteiger partial charge is 0.465 e. The third-order valence-corrected chi connectivity index (χ3v) is 3.62. The summed E-state index contributed by atoms with van der Waals surface area (Å²) >= 11 is 0. The number of anilines is 1. The van der Waals surface area contributed by atoms with Gasteiger partial charge in [0.05, 0.1) is 12.5 Å². The van der Waals surface area contributed by atoms with E-state index in [0.717, 1.165) is 4.57 Å². The van der Waals surface area contributed by atoms with Gasteiger partial charge < -0.3 is 10.5 Å². The van der Waals surface area contributed by atoms with E-state index >= 15 is 0 Å². The van der Waals surface area contributed by atoms with E-state index in [-0.39, 0.29) is 36.5 Å². The second kappa shape index (κ2) is 4.76. The number of nitrogens with two attached hydrogens (primary N) is 1. The molecule has 1 aromatic rings. The van der Waals surface area contributed by atoms with Crippen LogP contribution in [0.25, 0.3) is 0 Å². The van der Waals surface area contributed by atoms with Crippen molar-refractivity contribution in [3.8, 4) is 0 Å². The predicted molar refractivity (Wildman–Crippen MR) is 70.0 cm³/mol. The first kappa shape index (κ1) is 13.4. The van der Waals surface area contributed by atoms with Crippen molar-refractivity contribution < 1.29 is 19.1 Å². The molecule has 0 aromatic carbocycles. The van der Waals surface area contributed by atoms with E-state index in [9.17, 15) is 14.4 Å². The monoisotopic (exact) mass is 291 g/mol. The van der Waals surface area contributed by atoms with Gasteiger partial charge in [0.2, 0.25) is 11.9 Å². The fraction of sp³-hybridized carbons (Fsp3) is 0.500. The van der Waals surface area contributed by atoms with Gasteiger partial charge in [0.25, 0.3) is 5.95 Å². The van der Waals surface area contributed by atoms with Crippen molar-refractivity contribution >= 4 is 35.3 Å². The molecule has 2 aliphatic rings. The summed E-state index contributed by atoms with van der Waals surface area (Å²) < 4.78 is 5.97. The van der Waals surface area contributed by atoms with Crippen LogP contribution in [-0.2, 0) is 14.3 Å². The molecule has 2 atom stereocenters. The van der Waals surface area contributed by atoms with Crippen LogP contribution >= 0.6 is 0 Å². The highest BCUT2D eigenvalue weighted by molar-refractivity contribution is 6.48. The lowest BCUT2D eigenvalue weighted by molar-refractivity contribution is -0.151. The van der Waals surface area contributed by atoms with Gasteiger partial charge in [-0.15, -0.1) is 10.2 Å². The van der Waals surface area contributed by atoms with Gasteiger partial charge >= 0.3 is 5.97 Å². The summed E-state index contributed by atoms with van der Waals surface area (Å²) in [6.45, 7) is 1.86. The molecular weight excluding hydrogens is 278 g/mol. The van der Waals surface area contributed by atoms with Crippen LogP contribution in [0, 0.1) is 11.8 Å². The van der Waals surface area contributed by atoms with E-state index < -0.39 is 23.6 Å². The maximum absolute atomic E-state index is 12.4. The van der Waals surface area contributed by atoms with E-state index in [0.29, 0.717) is 6.42 Å². The van der Waals surface area contributed by atoms with Gasteiger partial charge in [-0.05, 0) is 19.8 Å². The molecule has 9 nitrogen and oxygen atoms in total. The average molecular weight is 291 g/mol. The smallest absolute Gasteiger partial charge is 0.316 e. The number of carbonyl (C=O) groups excluding carboxylic acids is 3. The van der Waals surface area contributed by atoms with Crippen molar-refractivity contribution in [1.82, 2.24) is 14.8 Å². The number of fused-ring (bicyclic) bond motifs is 2. The fourth-order valence-electron chi connectivity index (χ4n) is 2.63. The summed E-state index contributed by atoms with van der Waals surface area (Å²) in [7, 11) is 0. The lowest BCUT2D eigenvalue weighted by atomic mass is 9.78. The third-order valence-electron chi connectivity index (χ3n) is 3.62. The summed E-state index contributed by atoms with van der Waals surface area (Å²) in [5.41, 5.74) is 5.61. The average Bonchev–Trinajstić information content (AvgIpc) is 2.82. The maximum atomic E-state index is 12.4. The van der Waals surface area contributed by atoms with Gasteiger partial charge in [0.1, 0.15) is 11.6 Å². The number of aliphatic imine (C=N–C) groups is 1.